The van der Waals surface area contributed by atoms with Crippen LogP contribution in [-0.2, 0) is 47.3 Å². The van der Waals surface area contributed by atoms with E-state index in [2.05, 4.69) is 47.2 Å². The number of amides is 3. The number of nitrogens with zero attached hydrogens (tertiary/aromatic N) is 3. The summed E-state index contributed by atoms with van der Waals surface area (Å²) < 4.78 is 92.2. The predicted molar refractivity (Wildman–Crippen MR) is 261 cm³/mol. The van der Waals surface area contributed by atoms with E-state index in [1.165, 1.54) is 91.0 Å². The number of carbonyl (C=O) groups is 3. The Labute approximate surface area is 453 Å². The van der Waals surface area contributed by atoms with Crippen LogP contribution in [0.25, 0.3) is 4.72 Å². The van der Waals surface area contributed by atoms with Crippen molar-refractivity contribution in [1.82, 2.24) is 0 Å². The van der Waals surface area contributed by atoms with Crippen LogP contribution in [0, 0.1) is 41.2 Å². The Hall–Kier alpha value is -5.14. The van der Waals surface area contributed by atoms with Crippen molar-refractivity contribution >= 4 is 116 Å². The molecule has 0 unspecified atom stereocenters. The molecule has 6 aromatic rings. The van der Waals surface area contributed by atoms with Crippen LogP contribution in [0.2, 0.25) is 15.1 Å². The van der Waals surface area contributed by atoms with Gasteiger partial charge < -0.3 is 29.6 Å². The van der Waals surface area contributed by atoms with Crippen LogP contribution in [0.3, 0.4) is 0 Å². The number of benzene rings is 6. The molecule has 15 nitrogen and oxygen atoms in total. The number of nitriles is 2. The number of sulfonamides is 2. The molecule has 3 amide bonds. The third-order valence-corrected chi connectivity index (χ3v) is 13.2. The van der Waals surface area contributed by atoms with Crippen LogP contribution in [-0.4, -0.2) is 34.6 Å². The number of rotatable bonds is 13. The summed E-state index contributed by atoms with van der Waals surface area (Å²) in [5, 5.41) is 28.7. The number of hydrogen-bond donors (Lipinski definition) is 3. The van der Waals surface area contributed by atoms with Gasteiger partial charge in [0.15, 0.2) is 23.1 Å². The normalized spacial score (nSPS) is 10.8. The number of primary sulfonamides is 1. The van der Waals surface area contributed by atoms with Crippen LogP contribution in [0.1, 0.15) is 34.7 Å². The molecule has 6 rings (SSSR count). The van der Waals surface area contributed by atoms with Gasteiger partial charge in [-0.05, 0) is 136 Å². The summed E-state index contributed by atoms with van der Waals surface area (Å²) in [6.45, 7) is 2.59. The zero-order valence-electron chi connectivity index (χ0n) is 36.2. The molecule has 0 bridgehead atoms. The van der Waals surface area contributed by atoms with Gasteiger partial charge >= 0.3 is 29.6 Å². The maximum absolute atomic E-state index is 15.2. The van der Waals surface area contributed by atoms with Crippen molar-refractivity contribution in [3.8, 4) is 35.1 Å². The number of nitrogens with one attached hydrogen (secondary N) is 2. The van der Waals surface area contributed by atoms with Gasteiger partial charge in [-0.2, -0.15) is 10.5 Å². The molecule has 0 atom stereocenters. The Morgan fingerprint density at radius 1 is 0.686 bits per heavy atom. The first kappa shape index (κ1) is 57.4. The van der Waals surface area contributed by atoms with E-state index in [-0.39, 0.29) is 127 Å². The second-order valence-electron chi connectivity index (χ2n) is 14.2. The average Bonchev–Trinajstić information content (AvgIpc) is 3.26. The van der Waals surface area contributed by atoms with Crippen LogP contribution in [0.5, 0.6) is 23.0 Å². The van der Waals surface area contributed by atoms with Gasteiger partial charge in [0.05, 0.1) is 71.5 Å². The summed E-state index contributed by atoms with van der Waals surface area (Å²) in [6.07, 6.45) is -0.727. The maximum atomic E-state index is 15.2. The van der Waals surface area contributed by atoms with E-state index in [9.17, 15) is 31.2 Å². The standard InChI is InChI=1S/C24H18BrClFN3O5S.C21H13BrCl2FN3O4S.Na/c1-13-7-19(36(33,34)30-14(2)31)4-6-21(13)29-22(32)10-16-3-5-20(25)24(23(16)27)35-18-9-15(12-28)8-17(26)11-18;22-16-3-1-12(20(25)21(16)32-14-6-11(10-26)5-13(23)8-14)7-19(29)28-18-4-2-15(9-17(18)24)33(27,30)31;/h3-9,11H,10H2,1-2H3,(H2,29,30,31,32);1-6,8-9H,7H2,(H,28,29)(H2,27,30,31);/q;;+1/p-1. The average molecular weight is 1190 g/mol. The van der Waals surface area contributed by atoms with Gasteiger partial charge in [0.2, 0.25) is 21.8 Å². The number of aryl methyl sites for hydroxylation is 1. The molecule has 0 aliphatic carbocycles. The van der Waals surface area contributed by atoms with E-state index in [1.807, 2.05) is 12.1 Å². The van der Waals surface area contributed by atoms with E-state index in [0.29, 0.717) is 11.3 Å². The molecule has 70 heavy (non-hydrogen) atoms. The Morgan fingerprint density at radius 3 is 1.54 bits per heavy atom. The van der Waals surface area contributed by atoms with Crippen molar-refractivity contribution in [2.24, 2.45) is 5.14 Å². The van der Waals surface area contributed by atoms with Crippen LogP contribution in [0.15, 0.2) is 116 Å². The Morgan fingerprint density at radius 2 is 1.13 bits per heavy atom. The number of carbonyl (C=O) groups excluding carboxylic acids is 3. The summed E-state index contributed by atoms with van der Waals surface area (Å²) in [7, 11) is -8.11. The first-order valence-electron chi connectivity index (χ1n) is 19.1. The van der Waals surface area contributed by atoms with E-state index < -0.39 is 49.4 Å². The Kier molecular flexibility index (Phi) is 20.4. The summed E-state index contributed by atoms with van der Waals surface area (Å²) in [4.78, 5) is 35.7. The summed E-state index contributed by atoms with van der Waals surface area (Å²) in [5.41, 5.74) is 1.35. The molecule has 25 heteroatoms. The quantitative estimate of drug-likeness (QED) is 0.0926. The van der Waals surface area contributed by atoms with Crippen molar-refractivity contribution in [3.05, 3.63) is 165 Å². The Bertz CT molecular complexity index is 3380. The van der Waals surface area contributed by atoms with Gasteiger partial charge in [-0.1, -0.05) is 46.9 Å². The molecule has 0 spiro atoms. The summed E-state index contributed by atoms with van der Waals surface area (Å²) in [6, 6.07) is 25.6. The molecule has 0 aliphatic rings. The topological polar surface area (TPSA) is 250 Å². The minimum atomic E-state index is -4.15. The summed E-state index contributed by atoms with van der Waals surface area (Å²) >= 11 is 24.4. The van der Waals surface area contributed by atoms with Crippen molar-refractivity contribution in [2.45, 2.75) is 36.5 Å². The minimum Gasteiger partial charge on any atom is -0.542 e. The SMILES string of the molecule is CC(=O)[N-]S(=O)(=O)c1ccc(NC(=O)Cc2ccc(Br)c(Oc3cc(Cl)cc(C#N)c3)c2F)c(C)c1.N#Cc1cc(Cl)cc(Oc2c(Br)ccc(CC(=O)Nc3ccc(S(N)(=O)=O)cc3Cl)c2F)c1.[Na+]. The smallest absolute Gasteiger partial charge is 0.542 e. The zero-order valence-corrected chi connectivity index (χ0v) is 45.3. The van der Waals surface area contributed by atoms with E-state index in [0.717, 1.165) is 13.0 Å². The van der Waals surface area contributed by atoms with Crippen LogP contribution in [0.4, 0.5) is 20.2 Å². The second-order valence-corrected chi connectivity index (χ2v) is 20.3. The van der Waals surface area contributed by atoms with Gasteiger partial charge in [0, 0.05) is 26.9 Å². The molecule has 0 heterocycles. The van der Waals surface area contributed by atoms with Crippen molar-refractivity contribution in [1.29, 1.82) is 10.5 Å². The van der Waals surface area contributed by atoms with Gasteiger partial charge in [-0.3, -0.25) is 9.59 Å². The first-order chi connectivity index (χ1) is 32.4. The maximum Gasteiger partial charge on any atom is 1.00 e. The zero-order chi connectivity index (χ0) is 51.0. The molecule has 0 fully saturated rings. The molecule has 0 radical (unpaired) electrons. The molecule has 4 N–H and O–H groups in total. The number of anilines is 2. The second kappa shape index (κ2) is 24.8. The van der Waals surface area contributed by atoms with Crippen LogP contribution < -0.4 is 54.8 Å². The largest absolute Gasteiger partial charge is 1.00 e. The van der Waals surface area contributed by atoms with Gasteiger partial charge in [-0.25, -0.2) is 30.8 Å². The van der Waals surface area contributed by atoms with E-state index in [4.69, 9.17) is 59.9 Å². The van der Waals surface area contributed by atoms with Crippen LogP contribution >= 0.6 is 66.7 Å². The minimum absolute atomic E-state index is 0. The van der Waals surface area contributed by atoms with E-state index in [1.54, 1.807) is 6.92 Å². The van der Waals surface area contributed by atoms with Gasteiger partial charge in [-0.15, -0.1) is 0 Å². The van der Waals surface area contributed by atoms with Gasteiger partial charge in [0.1, 0.15) is 21.5 Å². The molecular weight excluding hydrogens is 1160 g/mol. The first-order valence-corrected chi connectivity index (χ1v) is 24.8. The third-order valence-electron chi connectivity index (χ3n) is 8.96. The fourth-order valence-electron chi connectivity index (χ4n) is 5.88. The number of nitrogens with two attached hydrogens (primary N) is 1. The third kappa shape index (κ3) is 15.7. The Balaban J connectivity index is 0.000000301. The van der Waals surface area contributed by atoms with Crippen molar-refractivity contribution < 1.29 is 79.0 Å². The van der Waals surface area contributed by atoms with Crippen molar-refractivity contribution in [2.75, 3.05) is 10.6 Å². The van der Waals surface area contributed by atoms with Crippen molar-refractivity contribution in [3.63, 3.8) is 0 Å². The molecule has 0 aromatic heterocycles. The number of ether oxygens (including phenoxy) is 2. The molecular formula is C45H30Br2Cl3F2N6NaO9S2. The molecule has 0 aliphatic heterocycles. The van der Waals surface area contributed by atoms with E-state index >= 15 is 8.78 Å². The predicted octanol–water partition coefficient (Wildman–Crippen LogP) is 8.40. The molecule has 356 valence electrons. The molecule has 0 saturated carbocycles. The number of halogens is 7. The fourth-order valence-corrected chi connectivity index (χ4v) is 8.95. The number of hydrogen-bond acceptors (Lipinski definition) is 11. The fraction of sp³-hybridized carbons (Fsp3) is 0.0889. The molecule has 6 aromatic carbocycles. The molecule has 0 saturated heterocycles. The van der Waals surface area contributed by atoms with Gasteiger partial charge in [0.25, 0.3) is 0 Å². The monoisotopic (exact) mass is 1190 g/mol. The summed E-state index contributed by atoms with van der Waals surface area (Å²) in [5.74, 6) is -3.72.